The van der Waals surface area contributed by atoms with Crippen LogP contribution in [0.5, 0.6) is 0 Å². The SMILES string of the molecule is CCCCCCCC1CCC(C2CCC(C3CCCC(CCCCCCC)C3)CC2)CC1. The first kappa shape index (κ1) is 26.6. The second kappa shape index (κ2) is 15.8. The van der Waals surface area contributed by atoms with Crippen LogP contribution < -0.4 is 0 Å². The lowest BCUT2D eigenvalue weighted by molar-refractivity contribution is 0.0980. The fraction of sp³-hybridized carbons (Fsp3) is 1.00. The molecule has 0 aromatic carbocycles. The Labute approximate surface area is 203 Å². The Morgan fingerprint density at radius 3 is 1.44 bits per heavy atom. The Balaban J connectivity index is 1.27. The first-order valence-corrected chi connectivity index (χ1v) is 15.8. The van der Waals surface area contributed by atoms with Gasteiger partial charge in [0, 0.05) is 0 Å². The zero-order chi connectivity index (χ0) is 22.4. The van der Waals surface area contributed by atoms with Crippen molar-refractivity contribution in [1.29, 1.82) is 0 Å². The molecule has 3 fully saturated rings. The van der Waals surface area contributed by atoms with Crippen molar-refractivity contribution >= 4 is 0 Å². The predicted octanol–water partition coefficient (Wildman–Crippen LogP) is 11.1. The van der Waals surface area contributed by atoms with Crippen molar-refractivity contribution in [3.63, 3.8) is 0 Å². The van der Waals surface area contributed by atoms with Gasteiger partial charge in [-0.1, -0.05) is 123 Å². The van der Waals surface area contributed by atoms with Crippen LogP contribution in [0.25, 0.3) is 0 Å². The van der Waals surface area contributed by atoms with Gasteiger partial charge in [-0.15, -0.1) is 0 Å². The van der Waals surface area contributed by atoms with Crippen LogP contribution in [0.3, 0.4) is 0 Å². The summed E-state index contributed by atoms with van der Waals surface area (Å²) in [4.78, 5) is 0. The van der Waals surface area contributed by atoms with Gasteiger partial charge < -0.3 is 0 Å². The molecule has 0 aliphatic heterocycles. The summed E-state index contributed by atoms with van der Waals surface area (Å²) in [6, 6.07) is 0. The predicted molar refractivity (Wildman–Crippen MR) is 143 cm³/mol. The Morgan fingerprint density at radius 1 is 0.406 bits per heavy atom. The molecule has 0 spiro atoms. The maximum Gasteiger partial charge on any atom is -0.0383 e. The van der Waals surface area contributed by atoms with E-state index in [4.69, 9.17) is 0 Å². The minimum atomic E-state index is 1.09. The standard InChI is InChI=1S/C32H60/c1-3-5-7-9-11-14-27-18-20-29(21-19-27)30-22-24-31(25-23-30)32-17-13-16-28(26-32)15-12-10-8-6-4-2/h27-32H,3-26H2,1-2H3. The molecule has 0 N–H and O–H groups in total. The van der Waals surface area contributed by atoms with E-state index < -0.39 is 0 Å². The summed E-state index contributed by atoms with van der Waals surface area (Å²) < 4.78 is 0. The molecule has 188 valence electrons. The molecule has 0 bridgehead atoms. The van der Waals surface area contributed by atoms with Crippen molar-refractivity contribution in [2.24, 2.45) is 35.5 Å². The van der Waals surface area contributed by atoms with E-state index in [9.17, 15) is 0 Å². The average molecular weight is 445 g/mol. The van der Waals surface area contributed by atoms with Gasteiger partial charge in [-0.2, -0.15) is 0 Å². The lowest BCUT2D eigenvalue weighted by Gasteiger charge is -2.42. The smallest absolute Gasteiger partial charge is 0.0383 e. The topological polar surface area (TPSA) is 0 Å². The van der Waals surface area contributed by atoms with Crippen molar-refractivity contribution in [1.82, 2.24) is 0 Å². The fourth-order valence-corrected chi connectivity index (χ4v) is 8.13. The highest BCUT2D eigenvalue weighted by molar-refractivity contribution is 4.86. The molecule has 2 unspecified atom stereocenters. The molecular weight excluding hydrogens is 384 g/mol. The maximum atomic E-state index is 2.34. The molecule has 3 aliphatic carbocycles. The van der Waals surface area contributed by atoms with Crippen LogP contribution >= 0.6 is 0 Å². The third-order valence-corrected chi connectivity index (χ3v) is 10.3. The van der Waals surface area contributed by atoms with E-state index in [-0.39, 0.29) is 0 Å². The van der Waals surface area contributed by atoms with Gasteiger partial charge >= 0.3 is 0 Å². The summed E-state index contributed by atoms with van der Waals surface area (Å²) in [5.74, 6) is 6.60. The number of rotatable bonds is 14. The maximum absolute atomic E-state index is 2.34. The molecule has 0 heterocycles. The quantitative estimate of drug-likeness (QED) is 0.234. The highest BCUT2D eigenvalue weighted by Gasteiger charge is 2.34. The minimum absolute atomic E-state index is 1.09. The lowest BCUT2D eigenvalue weighted by atomic mass is 9.64. The molecule has 0 saturated heterocycles. The van der Waals surface area contributed by atoms with Gasteiger partial charge in [-0.05, 0) is 80.5 Å². The second-order valence-electron chi connectivity index (χ2n) is 12.7. The zero-order valence-electron chi connectivity index (χ0n) is 22.4. The second-order valence-corrected chi connectivity index (χ2v) is 12.7. The molecule has 0 aromatic heterocycles. The van der Waals surface area contributed by atoms with Crippen LogP contribution in [0.15, 0.2) is 0 Å². The molecule has 0 amide bonds. The summed E-state index contributed by atoms with van der Waals surface area (Å²) in [5.41, 5.74) is 0. The number of hydrogen-bond acceptors (Lipinski definition) is 0. The van der Waals surface area contributed by atoms with Gasteiger partial charge in [-0.3, -0.25) is 0 Å². The monoisotopic (exact) mass is 444 g/mol. The van der Waals surface area contributed by atoms with E-state index in [2.05, 4.69) is 13.8 Å². The summed E-state index contributed by atoms with van der Waals surface area (Å²) in [5, 5.41) is 0. The van der Waals surface area contributed by atoms with Gasteiger partial charge in [0.15, 0.2) is 0 Å². The summed E-state index contributed by atoms with van der Waals surface area (Å²) >= 11 is 0. The summed E-state index contributed by atoms with van der Waals surface area (Å²) in [6.07, 6.45) is 36.7. The first-order valence-electron chi connectivity index (χ1n) is 15.8. The van der Waals surface area contributed by atoms with Crippen molar-refractivity contribution in [3.05, 3.63) is 0 Å². The molecule has 3 aliphatic rings. The van der Waals surface area contributed by atoms with E-state index in [1.807, 2.05) is 0 Å². The number of unbranched alkanes of at least 4 members (excludes halogenated alkanes) is 8. The van der Waals surface area contributed by atoms with E-state index in [1.54, 1.807) is 89.9 Å². The van der Waals surface area contributed by atoms with Crippen molar-refractivity contribution in [3.8, 4) is 0 Å². The zero-order valence-corrected chi connectivity index (χ0v) is 22.4. The molecule has 3 rings (SSSR count). The molecule has 0 nitrogen and oxygen atoms in total. The van der Waals surface area contributed by atoms with Crippen molar-refractivity contribution < 1.29 is 0 Å². The van der Waals surface area contributed by atoms with Crippen LogP contribution in [0.2, 0.25) is 0 Å². The minimum Gasteiger partial charge on any atom is -0.0654 e. The van der Waals surface area contributed by atoms with Crippen molar-refractivity contribution in [2.75, 3.05) is 0 Å². The largest absolute Gasteiger partial charge is 0.0654 e. The molecule has 0 aromatic rings. The van der Waals surface area contributed by atoms with Crippen LogP contribution in [0.4, 0.5) is 0 Å². The van der Waals surface area contributed by atoms with Crippen LogP contribution in [0.1, 0.15) is 168 Å². The summed E-state index contributed by atoms with van der Waals surface area (Å²) in [7, 11) is 0. The van der Waals surface area contributed by atoms with Gasteiger partial charge in [-0.25, -0.2) is 0 Å². The first-order chi connectivity index (χ1) is 15.8. The number of hydrogen-bond donors (Lipinski definition) is 0. The van der Waals surface area contributed by atoms with E-state index >= 15 is 0 Å². The highest BCUT2D eigenvalue weighted by Crippen LogP contribution is 2.47. The molecular formula is C32H60. The van der Waals surface area contributed by atoms with Gasteiger partial charge in [0.1, 0.15) is 0 Å². The highest BCUT2D eigenvalue weighted by atomic mass is 14.4. The fourth-order valence-electron chi connectivity index (χ4n) is 8.13. The Morgan fingerprint density at radius 2 is 0.875 bits per heavy atom. The van der Waals surface area contributed by atoms with Gasteiger partial charge in [0.25, 0.3) is 0 Å². The Hall–Kier alpha value is 0. The molecule has 32 heavy (non-hydrogen) atoms. The van der Waals surface area contributed by atoms with Crippen LogP contribution in [0, 0.1) is 35.5 Å². The lowest BCUT2D eigenvalue weighted by Crippen LogP contribution is -2.30. The van der Waals surface area contributed by atoms with Crippen molar-refractivity contribution in [2.45, 2.75) is 168 Å². The van der Waals surface area contributed by atoms with E-state index in [0.29, 0.717) is 0 Å². The van der Waals surface area contributed by atoms with E-state index in [0.717, 1.165) is 35.5 Å². The molecule has 3 saturated carbocycles. The third kappa shape index (κ3) is 9.33. The van der Waals surface area contributed by atoms with Crippen LogP contribution in [-0.2, 0) is 0 Å². The average Bonchev–Trinajstić information content (AvgIpc) is 2.84. The van der Waals surface area contributed by atoms with Gasteiger partial charge in [0.05, 0.1) is 0 Å². The van der Waals surface area contributed by atoms with E-state index in [1.165, 1.54) is 64.2 Å². The van der Waals surface area contributed by atoms with Crippen LogP contribution in [-0.4, -0.2) is 0 Å². The van der Waals surface area contributed by atoms with Gasteiger partial charge in [0.2, 0.25) is 0 Å². The molecule has 0 radical (unpaired) electrons. The Kier molecular flexibility index (Phi) is 13.1. The Bertz CT molecular complexity index is 437. The molecule has 0 heteroatoms. The third-order valence-electron chi connectivity index (χ3n) is 10.3. The molecule has 2 atom stereocenters. The summed E-state index contributed by atoms with van der Waals surface area (Å²) in [6.45, 7) is 4.67. The normalized spacial score (nSPS) is 33.9.